The number of aliphatic hydroxyl groups is 1. The Morgan fingerprint density at radius 2 is 2.09 bits per heavy atom. The average Bonchev–Trinajstić information content (AvgIpc) is 2.73. The van der Waals surface area contributed by atoms with Crippen LogP contribution in [0, 0.1) is 0 Å². The first kappa shape index (κ1) is 16.0. The van der Waals surface area contributed by atoms with Crippen LogP contribution in [0.25, 0.3) is 10.9 Å². The Hall–Kier alpha value is -0.880. The van der Waals surface area contributed by atoms with Gasteiger partial charge in [0.15, 0.2) is 0 Å². The van der Waals surface area contributed by atoms with Crippen molar-refractivity contribution in [3.05, 3.63) is 33.9 Å². The van der Waals surface area contributed by atoms with Crippen molar-refractivity contribution in [1.29, 1.82) is 0 Å². The SMILES string of the molecule is OCCN1CCCN(c2ccnc3c(Cl)cc(Br)cc23)CC1. The summed E-state index contributed by atoms with van der Waals surface area (Å²) in [6.07, 6.45) is 2.92. The molecule has 1 aliphatic rings. The van der Waals surface area contributed by atoms with Crippen LogP contribution in [0.5, 0.6) is 0 Å². The van der Waals surface area contributed by atoms with E-state index in [1.54, 1.807) is 0 Å². The van der Waals surface area contributed by atoms with Gasteiger partial charge in [-0.15, -0.1) is 0 Å². The molecule has 0 unspecified atom stereocenters. The molecule has 3 rings (SSSR count). The maximum atomic E-state index is 9.11. The highest BCUT2D eigenvalue weighted by molar-refractivity contribution is 9.10. The lowest BCUT2D eigenvalue weighted by Crippen LogP contribution is -2.32. The summed E-state index contributed by atoms with van der Waals surface area (Å²) < 4.78 is 0.968. The summed E-state index contributed by atoms with van der Waals surface area (Å²) in [5, 5.41) is 10.9. The monoisotopic (exact) mass is 383 g/mol. The molecule has 0 radical (unpaired) electrons. The summed E-state index contributed by atoms with van der Waals surface area (Å²) in [5.41, 5.74) is 2.03. The number of hydrogen-bond donors (Lipinski definition) is 1. The lowest BCUT2D eigenvalue weighted by molar-refractivity contribution is 0.204. The molecule has 2 aromatic rings. The fraction of sp³-hybridized carbons (Fsp3) is 0.438. The molecule has 4 nitrogen and oxygen atoms in total. The minimum atomic E-state index is 0.223. The first-order valence-corrected chi connectivity index (χ1v) is 8.68. The Balaban J connectivity index is 1.93. The zero-order chi connectivity index (χ0) is 15.5. The van der Waals surface area contributed by atoms with Crippen LogP contribution in [0.2, 0.25) is 5.02 Å². The molecule has 6 heteroatoms. The van der Waals surface area contributed by atoms with Gasteiger partial charge in [0.1, 0.15) is 0 Å². The third-order valence-electron chi connectivity index (χ3n) is 4.09. The molecule has 0 amide bonds. The van der Waals surface area contributed by atoms with Crippen LogP contribution in [0.4, 0.5) is 5.69 Å². The zero-order valence-corrected chi connectivity index (χ0v) is 14.6. The van der Waals surface area contributed by atoms with Crippen LogP contribution in [-0.2, 0) is 0 Å². The van der Waals surface area contributed by atoms with Gasteiger partial charge in [-0.05, 0) is 31.2 Å². The molecule has 1 aliphatic heterocycles. The van der Waals surface area contributed by atoms with Gasteiger partial charge < -0.3 is 10.0 Å². The van der Waals surface area contributed by atoms with Crippen LogP contribution in [0.1, 0.15) is 6.42 Å². The van der Waals surface area contributed by atoms with Crippen molar-refractivity contribution in [3.63, 3.8) is 0 Å². The molecule has 22 heavy (non-hydrogen) atoms. The van der Waals surface area contributed by atoms with E-state index in [4.69, 9.17) is 16.7 Å². The van der Waals surface area contributed by atoms with Crippen LogP contribution in [0.3, 0.4) is 0 Å². The summed E-state index contributed by atoms with van der Waals surface area (Å²) in [5.74, 6) is 0. The van der Waals surface area contributed by atoms with Crippen LogP contribution < -0.4 is 4.90 Å². The summed E-state index contributed by atoms with van der Waals surface area (Å²) in [7, 11) is 0. The smallest absolute Gasteiger partial charge is 0.0909 e. The van der Waals surface area contributed by atoms with Gasteiger partial charge in [0, 0.05) is 47.9 Å². The number of benzene rings is 1. The summed E-state index contributed by atoms with van der Waals surface area (Å²) in [6, 6.07) is 6.03. The van der Waals surface area contributed by atoms with Gasteiger partial charge in [-0.3, -0.25) is 9.88 Å². The molecule has 0 spiro atoms. The number of hydrogen-bond acceptors (Lipinski definition) is 4. The van der Waals surface area contributed by atoms with Gasteiger partial charge in [0.25, 0.3) is 0 Å². The number of halogens is 2. The molecule has 1 aromatic carbocycles. The van der Waals surface area contributed by atoms with Crippen molar-refractivity contribution >= 4 is 44.1 Å². The maximum absolute atomic E-state index is 9.11. The first-order chi connectivity index (χ1) is 10.7. The Labute approximate surface area is 143 Å². The number of aromatic nitrogens is 1. The van der Waals surface area contributed by atoms with Crippen molar-refractivity contribution in [1.82, 2.24) is 9.88 Å². The third-order valence-corrected chi connectivity index (χ3v) is 4.83. The number of anilines is 1. The van der Waals surface area contributed by atoms with Gasteiger partial charge in [0.2, 0.25) is 0 Å². The normalized spacial score (nSPS) is 17.0. The van der Waals surface area contributed by atoms with Gasteiger partial charge in [-0.1, -0.05) is 27.5 Å². The fourth-order valence-electron chi connectivity index (χ4n) is 3.02. The molecule has 2 heterocycles. The number of rotatable bonds is 3. The molecular formula is C16H19BrClN3O. The summed E-state index contributed by atoms with van der Waals surface area (Å²) in [4.78, 5) is 9.13. The fourth-order valence-corrected chi connectivity index (χ4v) is 3.88. The van der Waals surface area contributed by atoms with Crippen LogP contribution >= 0.6 is 27.5 Å². The van der Waals surface area contributed by atoms with Crippen molar-refractivity contribution in [2.45, 2.75) is 6.42 Å². The highest BCUT2D eigenvalue weighted by atomic mass is 79.9. The van der Waals surface area contributed by atoms with Gasteiger partial charge in [-0.2, -0.15) is 0 Å². The molecule has 0 bridgehead atoms. The standard InChI is InChI=1S/C16H19BrClN3O/c17-12-10-13-15(2-3-19-16(13)14(18)11-12)21-5-1-4-20(6-7-21)8-9-22/h2-3,10-11,22H,1,4-9H2. The van der Waals surface area contributed by atoms with Gasteiger partial charge in [-0.25, -0.2) is 0 Å². The van der Waals surface area contributed by atoms with E-state index in [1.165, 1.54) is 5.69 Å². The second-order valence-electron chi connectivity index (χ2n) is 5.52. The lowest BCUT2D eigenvalue weighted by atomic mass is 10.1. The highest BCUT2D eigenvalue weighted by Gasteiger charge is 2.17. The topological polar surface area (TPSA) is 39.6 Å². The van der Waals surface area contributed by atoms with Crippen molar-refractivity contribution in [2.24, 2.45) is 0 Å². The number of nitrogens with zero attached hydrogens (tertiary/aromatic N) is 3. The molecule has 1 fully saturated rings. The van der Waals surface area contributed by atoms with Crippen LogP contribution in [-0.4, -0.2) is 54.3 Å². The number of pyridine rings is 1. The van der Waals surface area contributed by atoms with Gasteiger partial charge in [0.05, 0.1) is 17.1 Å². The number of aliphatic hydroxyl groups excluding tert-OH is 1. The Kier molecular flexibility index (Phi) is 5.18. The molecule has 1 N–H and O–H groups in total. The quantitative estimate of drug-likeness (QED) is 0.882. The molecule has 0 atom stereocenters. The van der Waals surface area contributed by atoms with Crippen molar-refractivity contribution < 1.29 is 5.11 Å². The van der Waals surface area contributed by atoms with E-state index in [2.05, 4.69) is 42.8 Å². The minimum Gasteiger partial charge on any atom is -0.395 e. The first-order valence-electron chi connectivity index (χ1n) is 7.51. The van der Waals surface area contributed by atoms with Crippen LogP contribution in [0.15, 0.2) is 28.9 Å². The van der Waals surface area contributed by atoms with Crippen molar-refractivity contribution in [3.8, 4) is 0 Å². The van der Waals surface area contributed by atoms with E-state index >= 15 is 0 Å². The molecule has 0 aliphatic carbocycles. The van der Waals surface area contributed by atoms with E-state index in [-0.39, 0.29) is 6.61 Å². The predicted octanol–water partition coefficient (Wildman–Crippen LogP) is 3.16. The molecule has 118 valence electrons. The molecule has 1 aromatic heterocycles. The molecule has 0 saturated carbocycles. The highest BCUT2D eigenvalue weighted by Crippen LogP contribution is 2.33. The van der Waals surface area contributed by atoms with E-state index in [0.717, 1.165) is 54.5 Å². The number of β-amino-alcohol motifs (C(OH)–C–C–N with tert-alkyl or cyclic N) is 1. The summed E-state index contributed by atoms with van der Waals surface area (Å²) in [6.45, 7) is 4.92. The lowest BCUT2D eigenvalue weighted by Gasteiger charge is -2.25. The van der Waals surface area contributed by atoms with Gasteiger partial charge >= 0.3 is 0 Å². The summed E-state index contributed by atoms with van der Waals surface area (Å²) >= 11 is 9.84. The van der Waals surface area contributed by atoms with E-state index in [9.17, 15) is 0 Å². The predicted molar refractivity (Wildman–Crippen MR) is 94.8 cm³/mol. The Bertz CT molecular complexity index is 667. The average molecular weight is 385 g/mol. The van der Waals surface area contributed by atoms with E-state index < -0.39 is 0 Å². The molecule has 1 saturated heterocycles. The van der Waals surface area contributed by atoms with Crippen molar-refractivity contribution in [2.75, 3.05) is 44.2 Å². The van der Waals surface area contributed by atoms with E-state index in [1.807, 2.05) is 12.3 Å². The van der Waals surface area contributed by atoms with E-state index in [0.29, 0.717) is 5.02 Å². The third kappa shape index (κ3) is 3.38. The minimum absolute atomic E-state index is 0.223. The zero-order valence-electron chi connectivity index (χ0n) is 12.3. The number of fused-ring (bicyclic) bond motifs is 1. The molecular weight excluding hydrogens is 366 g/mol. The maximum Gasteiger partial charge on any atom is 0.0909 e. The Morgan fingerprint density at radius 1 is 1.23 bits per heavy atom. The Morgan fingerprint density at radius 3 is 2.91 bits per heavy atom. The second-order valence-corrected chi connectivity index (χ2v) is 6.84. The largest absolute Gasteiger partial charge is 0.395 e. The second kappa shape index (κ2) is 7.13.